The number of amides is 3. The minimum absolute atomic E-state index is 0.246. The molecule has 1 fully saturated rings. The van der Waals surface area contributed by atoms with Crippen LogP contribution >= 0.6 is 15.9 Å². The lowest BCUT2D eigenvalue weighted by molar-refractivity contribution is -0.123. The van der Waals surface area contributed by atoms with E-state index in [4.69, 9.17) is 0 Å². The molecule has 0 bridgehead atoms. The Hall–Kier alpha value is -2.60. The van der Waals surface area contributed by atoms with Crippen molar-refractivity contribution in [3.8, 4) is 0 Å². The molecule has 2 aromatic carbocycles. The first kappa shape index (κ1) is 19.2. The maximum absolute atomic E-state index is 12.6. The monoisotopic (exact) mass is 427 g/mol. The van der Waals surface area contributed by atoms with E-state index < -0.39 is 6.03 Å². The molecule has 3 amide bonds. The molecule has 1 aliphatic heterocycles. The Morgan fingerprint density at radius 1 is 1.00 bits per heavy atom. The van der Waals surface area contributed by atoms with Gasteiger partial charge in [0.05, 0.1) is 6.54 Å². The van der Waals surface area contributed by atoms with Gasteiger partial charge >= 0.3 is 6.03 Å². The average molecular weight is 428 g/mol. The van der Waals surface area contributed by atoms with Crippen LogP contribution in [0.25, 0.3) is 6.08 Å². The summed E-state index contributed by atoms with van der Waals surface area (Å²) in [5.41, 5.74) is 3.21. The van der Waals surface area contributed by atoms with Gasteiger partial charge in [0.1, 0.15) is 5.70 Å². The van der Waals surface area contributed by atoms with E-state index in [0.29, 0.717) is 5.70 Å². The van der Waals surface area contributed by atoms with Gasteiger partial charge in [-0.1, -0.05) is 40.2 Å². The first-order valence-corrected chi connectivity index (χ1v) is 9.75. The number of urea groups is 1. The van der Waals surface area contributed by atoms with Crippen LogP contribution in [-0.2, 0) is 11.3 Å². The van der Waals surface area contributed by atoms with Crippen molar-refractivity contribution in [3.05, 3.63) is 69.8 Å². The standard InChI is InChI=1S/C21H22BrN3O2/c1-3-24(4-2)18-11-7-15(8-12-18)13-19-20(26)25(21(27)23-19)14-16-5-9-17(22)10-6-16/h5-13H,3-4,14H2,1-2H3,(H,23,27)/b19-13+. The minimum Gasteiger partial charge on any atom is -0.372 e. The van der Waals surface area contributed by atoms with Crippen molar-refractivity contribution in [2.75, 3.05) is 18.0 Å². The van der Waals surface area contributed by atoms with Gasteiger partial charge in [-0.2, -0.15) is 0 Å². The lowest BCUT2D eigenvalue weighted by Gasteiger charge is -2.20. The summed E-state index contributed by atoms with van der Waals surface area (Å²) in [6, 6.07) is 15.1. The Morgan fingerprint density at radius 2 is 1.63 bits per heavy atom. The van der Waals surface area contributed by atoms with Crippen LogP contribution in [-0.4, -0.2) is 29.9 Å². The summed E-state index contributed by atoms with van der Waals surface area (Å²) < 4.78 is 0.956. The first-order chi connectivity index (χ1) is 13.0. The largest absolute Gasteiger partial charge is 0.372 e. The van der Waals surface area contributed by atoms with Crippen molar-refractivity contribution in [2.24, 2.45) is 0 Å². The Balaban J connectivity index is 1.74. The van der Waals surface area contributed by atoms with E-state index in [1.807, 2.05) is 48.5 Å². The summed E-state index contributed by atoms with van der Waals surface area (Å²) in [6.07, 6.45) is 1.72. The van der Waals surface area contributed by atoms with Gasteiger partial charge in [-0.05, 0) is 55.3 Å². The van der Waals surface area contributed by atoms with Gasteiger partial charge in [0.15, 0.2) is 0 Å². The van der Waals surface area contributed by atoms with Crippen LogP contribution in [0.15, 0.2) is 58.7 Å². The molecule has 3 rings (SSSR count). The Morgan fingerprint density at radius 3 is 2.22 bits per heavy atom. The van der Waals surface area contributed by atoms with E-state index in [-0.39, 0.29) is 12.5 Å². The number of nitrogens with one attached hydrogen (secondary N) is 1. The second kappa shape index (κ2) is 8.39. The molecule has 1 saturated heterocycles. The number of carbonyl (C=O) groups excluding carboxylic acids is 2. The van der Waals surface area contributed by atoms with Gasteiger partial charge in [-0.3, -0.25) is 9.69 Å². The fourth-order valence-electron chi connectivity index (χ4n) is 3.02. The van der Waals surface area contributed by atoms with Crippen molar-refractivity contribution in [1.29, 1.82) is 0 Å². The molecule has 1 N–H and O–H groups in total. The summed E-state index contributed by atoms with van der Waals surface area (Å²) in [6.45, 7) is 6.36. The molecule has 0 unspecified atom stereocenters. The molecule has 0 atom stereocenters. The van der Waals surface area contributed by atoms with Crippen LogP contribution in [0.5, 0.6) is 0 Å². The van der Waals surface area contributed by atoms with Crippen LogP contribution in [0.3, 0.4) is 0 Å². The van der Waals surface area contributed by atoms with E-state index in [2.05, 4.69) is 40.0 Å². The predicted octanol–water partition coefficient (Wildman–Crippen LogP) is 4.39. The topological polar surface area (TPSA) is 52.7 Å². The Bertz CT molecular complexity index is 856. The molecule has 0 radical (unpaired) electrons. The molecule has 0 saturated carbocycles. The molecule has 2 aromatic rings. The maximum atomic E-state index is 12.6. The summed E-state index contributed by atoms with van der Waals surface area (Å²) >= 11 is 3.38. The lowest BCUT2D eigenvalue weighted by Crippen LogP contribution is -2.30. The van der Waals surface area contributed by atoms with E-state index in [1.165, 1.54) is 4.90 Å². The zero-order chi connectivity index (χ0) is 19.4. The maximum Gasteiger partial charge on any atom is 0.329 e. The third-order valence-electron chi connectivity index (χ3n) is 4.55. The number of rotatable bonds is 6. The molecule has 27 heavy (non-hydrogen) atoms. The second-order valence-corrected chi connectivity index (χ2v) is 7.19. The van der Waals surface area contributed by atoms with Gasteiger partial charge < -0.3 is 10.2 Å². The molecular formula is C21H22BrN3O2. The van der Waals surface area contributed by atoms with E-state index in [9.17, 15) is 9.59 Å². The summed E-state index contributed by atoms with van der Waals surface area (Å²) in [5.74, 6) is -0.310. The highest BCUT2D eigenvalue weighted by Gasteiger charge is 2.33. The number of hydrogen-bond acceptors (Lipinski definition) is 3. The van der Waals surface area contributed by atoms with Crippen LogP contribution in [0.2, 0.25) is 0 Å². The van der Waals surface area contributed by atoms with E-state index >= 15 is 0 Å². The number of nitrogens with zero attached hydrogens (tertiary/aromatic N) is 2. The second-order valence-electron chi connectivity index (χ2n) is 6.27. The molecular weight excluding hydrogens is 406 g/mol. The highest BCUT2D eigenvalue weighted by Crippen LogP contribution is 2.20. The zero-order valence-corrected chi connectivity index (χ0v) is 17.0. The molecule has 1 heterocycles. The fourth-order valence-corrected chi connectivity index (χ4v) is 3.29. The van der Waals surface area contributed by atoms with Gasteiger partial charge in [0.25, 0.3) is 5.91 Å². The summed E-state index contributed by atoms with van der Waals surface area (Å²) in [4.78, 5) is 28.3. The Kier molecular flexibility index (Phi) is 5.96. The minimum atomic E-state index is -0.395. The summed E-state index contributed by atoms with van der Waals surface area (Å²) in [5, 5.41) is 2.67. The van der Waals surface area contributed by atoms with Crippen molar-refractivity contribution < 1.29 is 9.59 Å². The van der Waals surface area contributed by atoms with Crippen molar-refractivity contribution in [3.63, 3.8) is 0 Å². The molecule has 6 heteroatoms. The van der Waals surface area contributed by atoms with Crippen LogP contribution < -0.4 is 10.2 Å². The SMILES string of the molecule is CCN(CC)c1ccc(/C=C2/NC(=O)N(Cc3ccc(Br)cc3)C2=O)cc1. The number of benzene rings is 2. The average Bonchev–Trinajstić information content (AvgIpc) is 2.93. The fraction of sp³-hybridized carbons (Fsp3) is 0.238. The number of halogens is 1. The highest BCUT2D eigenvalue weighted by atomic mass is 79.9. The third kappa shape index (κ3) is 4.39. The van der Waals surface area contributed by atoms with Crippen molar-refractivity contribution >= 4 is 39.6 Å². The number of anilines is 1. The number of carbonyl (C=O) groups is 2. The smallest absolute Gasteiger partial charge is 0.329 e. The predicted molar refractivity (Wildman–Crippen MR) is 111 cm³/mol. The third-order valence-corrected chi connectivity index (χ3v) is 5.08. The van der Waals surface area contributed by atoms with Crippen LogP contribution in [0, 0.1) is 0 Å². The summed E-state index contributed by atoms with van der Waals surface area (Å²) in [7, 11) is 0. The molecule has 5 nitrogen and oxygen atoms in total. The molecule has 140 valence electrons. The van der Waals surface area contributed by atoms with Gasteiger partial charge in [0.2, 0.25) is 0 Å². The van der Waals surface area contributed by atoms with Gasteiger partial charge in [-0.25, -0.2) is 4.79 Å². The normalized spacial score (nSPS) is 15.4. The molecule has 0 spiro atoms. The van der Waals surface area contributed by atoms with Crippen molar-refractivity contribution in [1.82, 2.24) is 10.2 Å². The zero-order valence-electron chi connectivity index (χ0n) is 15.4. The number of hydrogen-bond donors (Lipinski definition) is 1. The lowest BCUT2D eigenvalue weighted by atomic mass is 10.1. The molecule has 0 aromatic heterocycles. The highest BCUT2D eigenvalue weighted by molar-refractivity contribution is 9.10. The quantitative estimate of drug-likeness (QED) is 0.549. The van der Waals surface area contributed by atoms with Crippen LogP contribution in [0.4, 0.5) is 10.5 Å². The van der Waals surface area contributed by atoms with Gasteiger partial charge in [0, 0.05) is 23.2 Å². The Labute approximate surface area is 167 Å². The number of imide groups is 1. The van der Waals surface area contributed by atoms with E-state index in [0.717, 1.165) is 34.4 Å². The first-order valence-electron chi connectivity index (χ1n) is 8.95. The van der Waals surface area contributed by atoms with Crippen molar-refractivity contribution in [2.45, 2.75) is 20.4 Å². The molecule has 0 aliphatic carbocycles. The molecule has 1 aliphatic rings. The van der Waals surface area contributed by atoms with Gasteiger partial charge in [-0.15, -0.1) is 0 Å². The van der Waals surface area contributed by atoms with E-state index in [1.54, 1.807) is 6.08 Å². The van der Waals surface area contributed by atoms with Crippen LogP contribution in [0.1, 0.15) is 25.0 Å².